The maximum absolute atomic E-state index is 12.7. The summed E-state index contributed by atoms with van der Waals surface area (Å²) in [7, 11) is -4.40. The Hall–Kier alpha value is -3.85. The van der Waals surface area contributed by atoms with Gasteiger partial charge in [0.05, 0.1) is 13.2 Å². The van der Waals surface area contributed by atoms with Crippen molar-refractivity contribution in [1.29, 1.82) is 0 Å². The molecule has 0 aliphatic carbocycles. The molecule has 9 nitrogen and oxygen atoms in total. The second kappa shape index (κ2) is 65.3. The molecule has 0 aromatic carbocycles. The molecule has 2 atom stereocenters. The number of rotatable bonds is 60. The lowest BCUT2D eigenvalue weighted by atomic mass is 10.0. The Kier molecular flexibility index (Phi) is 62.2. The summed E-state index contributed by atoms with van der Waals surface area (Å²) in [6, 6.07) is 0. The Morgan fingerprint density at radius 3 is 1.01 bits per heavy atom. The number of unbranched alkanes of at least 4 members (excludes halogenated alkanes) is 25. The molecular formula is C71H120NO8P. The van der Waals surface area contributed by atoms with Crippen molar-refractivity contribution in [1.82, 2.24) is 0 Å². The average molecular weight is 1150 g/mol. The van der Waals surface area contributed by atoms with Crippen molar-refractivity contribution < 1.29 is 37.6 Å². The van der Waals surface area contributed by atoms with Crippen LogP contribution in [0.4, 0.5) is 0 Å². The van der Waals surface area contributed by atoms with E-state index in [2.05, 4.69) is 148 Å². The summed E-state index contributed by atoms with van der Waals surface area (Å²) in [6.07, 6.45) is 92.4. The van der Waals surface area contributed by atoms with Gasteiger partial charge in [0.1, 0.15) is 6.61 Å². The third kappa shape index (κ3) is 65.2. The summed E-state index contributed by atoms with van der Waals surface area (Å²) in [5.74, 6) is -0.849. The largest absolute Gasteiger partial charge is 0.472 e. The molecule has 0 fully saturated rings. The Morgan fingerprint density at radius 2 is 0.679 bits per heavy atom. The molecule has 0 saturated heterocycles. The van der Waals surface area contributed by atoms with Crippen molar-refractivity contribution in [3.05, 3.63) is 134 Å². The molecule has 0 aliphatic heterocycles. The van der Waals surface area contributed by atoms with E-state index in [1.165, 1.54) is 116 Å². The van der Waals surface area contributed by atoms with Crippen molar-refractivity contribution >= 4 is 19.8 Å². The summed E-state index contributed by atoms with van der Waals surface area (Å²) < 4.78 is 33.1. The van der Waals surface area contributed by atoms with Gasteiger partial charge in [-0.05, 0) is 96.3 Å². The van der Waals surface area contributed by atoms with Gasteiger partial charge in [-0.1, -0.05) is 295 Å². The van der Waals surface area contributed by atoms with E-state index in [1.54, 1.807) is 0 Å². The van der Waals surface area contributed by atoms with Gasteiger partial charge >= 0.3 is 19.8 Å². The molecular weight excluding hydrogens is 1030 g/mol. The van der Waals surface area contributed by atoms with Crippen molar-refractivity contribution in [2.24, 2.45) is 5.73 Å². The van der Waals surface area contributed by atoms with E-state index in [1.807, 2.05) is 0 Å². The van der Waals surface area contributed by atoms with Gasteiger partial charge in [0.2, 0.25) is 0 Å². The minimum atomic E-state index is -4.40. The zero-order valence-corrected chi connectivity index (χ0v) is 52.6. The molecule has 0 saturated carbocycles. The van der Waals surface area contributed by atoms with Gasteiger partial charge in [-0.15, -0.1) is 0 Å². The van der Waals surface area contributed by atoms with E-state index >= 15 is 0 Å². The Morgan fingerprint density at radius 1 is 0.383 bits per heavy atom. The minimum Gasteiger partial charge on any atom is -0.462 e. The van der Waals surface area contributed by atoms with Crippen LogP contribution in [0.25, 0.3) is 0 Å². The molecule has 81 heavy (non-hydrogen) atoms. The molecule has 0 rings (SSSR count). The highest BCUT2D eigenvalue weighted by atomic mass is 31.2. The van der Waals surface area contributed by atoms with Gasteiger partial charge in [0, 0.05) is 19.4 Å². The minimum absolute atomic E-state index is 0.0448. The Labute approximate surface area is 497 Å². The molecule has 0 radical (unpaired) electrons. The van der Waals surface area contributed by atoms with E-state index in [0.717, 1.165) is 122 Å². The van der Waals surface area contributed by atoms with Gasteiger partial charge in [0.15, 0.2) is 6.10 Å². The Balaban J connectivity index is 4.02. The molecule has 3 N–H and O–H groups in total. The number of hydrogen-bond acceptors (Lipinski definition) is 8. The number of phosphoric ester groups is 1. The highest BCUT2D eigenvalue weighted by Gasteiger charge is 2.26. The van der Waals surface area contributed by atoms with Crippen LogP contribution in [0.2, 0.25) is 0 Å². The predicted octanol–water partition coefficient (Wildman–Crippen LogP) is 21.3. The van der Waals surface area contributed by atoms with Gasteiger partial charge < -0.3 is 20.1 Å². The standard InChI is InChI=1S/C71H120NO8P/c1-3-5-7-9-11-13-15-17-19-21-23-25-26-27-28-29-30-31-32-33-34-35-36-37-38-39-40-41-42-44-46-48-50-52-54-56-58-60-62-64-71(74)80-69(68-79-81(75,76)78-66-65-72)67-77-70(73)63-61-59-57-55-53-51-49-47-45-43-24-22-20-18-16-14-12-10-8-6-4-2/h5,7,11,13,17,19,23,25,27-28,30-31,33-34,36-37,39-40,42,44,48,50,69H,3-4,6,8-10,12,14-16,18,20-22,24,26,29,32,35,38,41,43,45-47,49,51-68,72H2,1-2H3,(H,75,76)/b7-5-,13-11-,19-17-,25-23-,28-27-,31-30-,34-33-,37-36-,40-39-,44-42-,50-48-. The summed E-state index contributed by atoms with van der Waals surface area (Å²) in [5, 5.41) is 0. The number of allylic oxidation sites excluding steroid dienone is 22. The number of esters is 2. The van der Waals surface area contributed by atoms with E-state index in [4.69, 9.17) is 24.3 Å². The first-order valence-electron chi connectivity index (χ1n) is 32.7. The molecule has 0 amide bonds. The van der Waals surface area contributed by atoms with E-state index < -0.39 is 26.5 Å². The maximum atomic E-state index is 12.7. The quantitative estimate of drug-likeness (QED) is 0.0264. The first kappa shape index (κ1) is 77.2. The zero-order valence-electron chi connectivity index (χ0n) is 51.7. The number of hydrogen-bond donors (Lipinski definition) is 2. The molecule has 0 heterocycles. The van der Waals surface area contributed by atoms with E-state index in [0.29, 0.717) is 6.42 Å². The SMILES string of the molecule is CC/C=C\C/C=C\C/C=C\C/C=C\C/C=C\C/C=C\C/C=C\C/C=C\C/C=C\C/C=C\C/C=C\CCCCCCCC(=O)OC(COC(=O)CCCCCCCCCCCCCCCCCCCCCCC)COP(=O)(O)OCCN. The zero-order chi connectivity index (χ0) is 58.7. The molecule has 0 aromatic heterocycles. The van der Waals surface area contributed by atoms with Crippen LogP contribution in [0, 0.1) is 0 Å². The molecule has 10 heteroatoms. The number of ether oxygens (including phenoxy) is 2. The van der Waals surface area contributed by atoms with Crippen LogP contribution in [-0.2, 0) is 32.7 Å². The van der Waals surface area contributed by atoms with E-state index in [9.17, 15) is 19.0 Å². The number of nitrogens with two attached hydrogens (primary N) is 1. The van der Waals surface area contributed by atoms with Gasteiger partial charge in [-0.2, -0.15) is 0 Å². The highest BCUT2D eigenvalue weighted by Crippen LogP contribution is 2.43. The summed E-state index contributed by atoms with van der Waals surface area (Å²) in [4.78, 5) is 35.3. The molecule has 0 aromatic rings. The van der Waals surface area contributed by atoms with E-state index in [-0.39, 0.29) is 38.6 Å². The lowest BCUT2D eigenvalue weighted by molar-refractivity contribution is -0.161. The third-order valence-electron chi connectivity index (χ3n) is 13.6. The lowest BCUT2D eigenvalue weighted by Crippen LogP contribution is -2.29. The number of phosphoric acid groups is 1. The third-order valence-corrected chi connectivity index (χ3v) is 14.5. The van der Waals surface area contributed by atoms with Crippen LogP contribution in [0.1, 0.15) is 271 Å². The van der Waals surface area contributed by atoms with Gasteiger partial charge in [-0.25, -0.2) is 4.57 Å². The van der Waals surface area contributed by atoms with Crippen LogP contribution < -0.4 is 5.73 Å². The fourth-order valence-electron chi connectivity index (χ4n) is 8.76. The lowest BCUT2D eigenvalue weighted by Gasteiger charge is -2.19. The van der Waals surface area contributed by atoms with Gasteiger partial charge in [-0.3, -0.25) is 18.6 Å². The van der Waals surface area contributed by atoms with Crippen molar-refractivity contribution in [2.75, 3.05) is 26.4 Å². The molecule has 2 unspecified atom stereocenters. The molecule has 0 bridgehead atoms. The number of carbonyl (C=O) groups is 2. The summed E-state index contributed by atoms with van der Waals surface area (Å²) in [5.41, 5.74) is 5.39. The smallest absolute Gasteiger partial charge is 0.462 e. The van der Waals surface area contributed by atoms with Gasteiger partial charge in [0.25, 0.3) is 0 Å². The summed E-state index contributed by atoms with van der Waals surface area (Å²) in [6.45, 7) is 3.62. The fraction of sp³-hybridized carbons (Fsp3) is 0.662. The van der Waals surface area contributed by atoms with Crippen LogP contribution in [0.15, 0.2) is 134 Å². The molecule has 0 spiro atoms. The monoisotopic (exact) mass is 1150 g/mol. The first-order chi connectivity index (χ1) is 39.8. The van der Waals surface area contributed by atoms with Crippen LogP contribution in [0.5, 0.6) is 0 Å². The van der Waals surface area contributed by atoms with Crippen LogP contribution in [-0.4, -0.2) is 49.3 Å². The van der Waals surface area contributed by atoms with Crippen LogP contribution in [0.3, 0.4) is 0 Å². The van der Waals surface area contributed by atoms with Crippen molar-refractivity contribution in [3.63, 3.8) is 0 Å². The topological polar surface area (TPSA) is 134 Å². The molecule has 462 valence electrons. The normalized spacial score (nSPS) is 13.9. The average Bonchev–Trinajstić information content (AvgIpc) is 3.46. The number of carbonyl (C=O) groups excluding carboxylic acids is 2. The van der Waals surface area contributed by atoms with Crippen molar-refractivity contribution in [2.45, 2.75) is 277 Å². The van der Waals surface area contributed by atoms with Crippen molar-refractivity contribution in [3.8, 4) is 0 Å². The first-order valence-corrected chi connectivity index (χ1v) is 34.2. The fourth-order valence-corrected chi connectivity index (χ4v) is 9.52. The van der Waals surface area contributed by atoms with Crippen LogP contribution >= 0.6 is 7.82 Å². The molecule has 0 aliphatic rings. The Bertz CT molecular complexity index is 1790. The predicted molar refractivity (Wildman–Crippen MR) is 348 cm³/mol. The maximum Gasteiger partial charge on any atom is 0.472 e. The highest BCUT2D eigenvalue weighted by molar-refractivity contribution is 7.47. The second-order valence-corrected chi connectivity index (χ2v) is 22.7. The summed E-state index contributed by atoms with van der Waals surface area (Å²) >= 11 is 0. The second-order valence-electron chi connectivity index (χ2n) is 21.3.